The van der Waals surface area contributed by atoms with Gasteiger partial charge < -0.3 is 10.1 Å². The number of nitrogens with one attached hydrogen (secondary N) is 1. The molecule has 0 radical (unpaired) electrons. The third-order valence-electron chi connectivity index (χ3n) is 4.07. The number of ether oxygens (including phenoxy) is 1. The first-order valence-corrected chi connectivity index (χ1v) is 8.98. The van der Waals surface area contributed by atoms with Crippen molar-refractivity contribution in [3.63, 3.8) is 0 Å². The highest BCUT2D eigenvalue weighted by Crippen LogP contribution is 2.15. The van der Waals surface area contributed by atoms with E-state index in [1.54, 1.807) is 0 Å². The molecule has 5 heteroatoms. The van der Waals surface area contributed by atoms with Crippen molar-refractivity contribution >= 4 is 24.0 Å². The molecule has 142 valence electrons. The molecule has 1 N–H and O–H groups in total. The standard InChI is InChI=1S/C22H21ClFNO.ClH/c23-20-7-1-19(2-8-20)16-26-22-11-5-18(6-12-22)15-25-14-13-17-3-9-21(24)10-4-17;/h1-12,25H,13-16H2;1H. The molecular weight excluding hydrogens is 384 g/mol. The second-order valence-electron chi connectivity index (χ2n) is 6.11. The quantitative estimate of drug-likeness (QED) is 0.477. The lowest BCUT2D eigenvalue weighted by Crippen LogP contribution is -2.16. The van der Waals surface area contributed by atoms with E-state index in [-0.39, 0.29) is 18.2 Å². The first kappa shape index (κ1) is 21.2. The van der Waals surface area contributed by atoms with Crippen LogP contribution in [-0.2, 0) is 19.6 Å². The van der Waals surface area contributed by atoms with Crippen molar-refractivity contribution < 1.29 is 9.13 Å². The summed E-state index contributed by atoms with van der Waals surface area (Å²) in [6, 6.07) is 22.4. The van der Waals surface area contributed by atoms with Gasteiger partial charge in [0.05, 0.1) is 0 Å². The lowest BCUT2D eigenvalue weighted by molar-refractivity contribution is 0.306. The molecule has 3 aromatic rings. The molecule has 0 fully saturated rings. The van der Waals surface area contributed by atoms with Crippen LogP contribution >= 0.6 is 24.0 Å². The van der Waals surface area contributed by atoms with Gasteiger partial charge in [0.15, 0.2) is 0 Å². The maximum Gasteiger partial charge on any atom is 0.123 e. The third-order valence-corrected chi connectivity index (χ3v) is 4.33. The fourth-order valence-electron chi connectivity index (χ4n) is 2.57. The van der Waals surface area contributed by atoms with E-state index < -0.39 is 0 Å². The molecule has 0 spiro atoms. The van der Waals surface area contributed by atoms with Crippen LogP contribution < -0.4 is 10.1 Å². The highest BCUT2D eigenvalue weighted by molar-refractivity contribution is 6.30. The Kier molecular flexibility index (Phi) is 8.59. The van der Waals surface area contributed by atoms with Gasteiger partial charge in [0, 0.05) is 11.6 Å². The summed E-state index contributed by atoms with van der Waals surface area (Å²) in [5.41, 5.74) is 3.41. The highest BCUT2D eigenvalue weighted by Gasteiger charge is 1.99. The monoisotopic (exact) mass is 405 g/mol. The van der Waals surface area contributed by atoms with E-state index in [4.69, 9.17) is 16.3 Å². The summed E-state index contributed by atoms with van der Waals surface area (Å²) >= 11 is 5.88. The Labute approximate surface area is 170 Å². The highest BCUT2D eigenvalue weighted by atomic mass is 35.5. The van der Waals surface area contributed by atoms with Crippen LogP contribution in [0.3, 0.4) is 0 Å². The van der Waals surface area contributed by atoms with Gasteiger partial charge in [-0.15, -0.1) is 12.4 Å². The van der Waals surface area contributed by atoms with E-state index in [1.807, 2.05) is 48.5 Å². The molecule has 3 rings (SSSR count). The van der Waals surface area contributed by atoms with Gasteiger partial charge in [0.25, 0.3) is 0 Å². The Bertz CT molecular complexity index is 805. The lowest BCUT2D eigenvalue weighted by Gasteiger charge is -2.09. The normalized spacial score (nSPS) is 10.3. The molecule has 0 atom stereocenters. The van der Waals surface area contributed by atoms with Crippen molar-refractivity contribution in [1.29, 1.82) is 0 Å². The van der Waals surface area contributed by atoms with Crippen LogP contribution in [0, 0.1) is 5.82 Å². The molecule has 27 heavy (non-hydrogen) atoms. The van der Waals surface area contributed by atoms with E-state index in [1.165, 1.54) is 17.7 Å². The molecule has 0 saturated carbocycles. The molecule has 0 aromatic heterocycles. The van der Waals surface area contributed by atoms with Crippen LogP contribution in [0.2, 0.25) is 5.02 Å². The second-order valence-corrected chi connectivity index (χ2v) is 6.55. The van der Waals surface area contributed by atoms with Crippen molar-refractivity contribution in [2.75, 3.05) is 6.54 Å². The average molecular weight is 406 g/mol. The summed E-state index contributed by atoms with van der Waals surface area (Å²) in [5.74, 6) is 0.648. The average Bonchev–Trinajstić information content (AvgIpc) is 2.67. The van der Waals surface area contributed by atoms with Gasteiger partial charge in [0.2, 0.25) is 0 Å². The Balaban J connectivity index is 0.00000261. The fraction of sp³-hybridized carbons (Fsp3) is 0.182. The molecule has 2 nitrogen and oxygen atoms in total. The zero-order valence-corrected chi connectivity index (χ0v) is 16.4. The summed E-state index contributed by atoms with van der Waals surface area (Å²) < 4.78 is 18.7. The molecule has 0 aliphatic carbocycles. The van der Waals surface area contributed by atoms with E-state index in [9.17, 15) is 4.39 Å². The fourth-order valence-corrected chi connectivity index (χ4v) is 2.69. The van der Waals surface area contributed by atoms with Crippen molar-refractivity contribution in [3.8, 4) is 5.75 Å². The molecule has 0 saturated heterocycles. The van der Waals surface area contributed by atoms with Crippen LogP contribution in [0.4, 0.5) is 4.39 Å². The molecule has 3 aromatic carbocycles. The number of hydrogen-bond donors (Lipinski definition) is 1. The third kappa shape index (κ3) is 7.22. The molecule has 0 aliphatic heterocycles. The Morgan fingerprint density at radius 3 is 2.04 bits per heavy atom. The summed E-state index contributed by atoms with van der Waals surface area (Å²) in [4.78, 5) is 0. The van der Waals surface area contributed by atoms with E-state index in [0.717, 1.165) is 41.4 Å². The molecule has 0 bridgehead atoms. The van der Waals surface area contributed by atoms with Crippen LogP contribution in [0.25, 0.3) is 0 Å². The smallest absolute Gasteiger partial charge is 0.123 e. The zero-order chi connectivity index (χ0) is 18.2. The Morgan fingerprint density at radius 1 is 0.778 bits per heavy atom. The molecule has 0 aliphatic rings. The number of halogens is 3. The summed E-state index contributed by atoms with van der Waals surface area (Å²) in [6.45, 7) is 2.16. The van der Waals surface area contributed by atoms with Gasteiger partial charge in [-0.05, 0) is 66.1 Å². The van der Waals surface area contributed by atoms with Gasteiger partial charge in [-0.2, -0.15) is 0 Å². The number of hydrogen-bond acceptors (Lipinski definition) is 2. The van der Waals surface area contributed by atoms with Crippen LogP contribution in [0.15, 0.2) is 72.8 Å². The summed E-state index contributed by atoms with van der Waals surface area (Å²) in [5, 5.41) is 4.13. The number of rotatable bonds is 8. The van der Waals surface area contributed by atoms with Crippen molar-refractivity contribution in [2.24, 2.45) is 0 Å². The van der Waals surface area contributed by atoms with E-state index >= 15 is 0 Å². The largest absolute Gasteiger partial charge is 0.489 e. The van der Waals surface area contributed by atoms with Crippen LogP contribution in [0.5, 0.6) is 5.75 Å². The topological polar surface area (TPSA) is 21.3 Å². The summed E-state index contributed by atoms with van der Waals surface area (Å²) in [7, 11) is 0. The predicted octanol–water partition coefficient (Wildman–Crippen LogP) is 5.81. The molecule has 0 heterocycles. The maximum atomic E-state index is 12.9. The van der Waals surface area contributed by atoms with Gasteiger partial charge in [-0.3, -0.25) is 0 Å². The Morgan fingerprint density at radius 2 is 1.37 bits per heavy atom. The first-order chi connectivity index (χ1) is 12.7. The Hall–Kier alpha value is -2.07. The molecular formula is C22H22Cl2FNO. The predicted molar refractivity (Wildman–Crippen MR) is 111 cm³/mol. The second kappa shape index (κ2) is 10.9. The minimum atomic E-state index is -0.194. The number of benzene rings is 3. The van der Waals surface area contributed by atoms with E-state index in [2.05, 4.69) is 17.4 Å². The van der Waals surface area contributed by atoms with Crippen molar-refractivity contribution in [3.05, 3.63) is 100 Å². The first-order valence-electron chi connectivity index (χ1n) is 8.60. The van der Waals surface area contributed by atoms with Gasteiger partial charge in [-0.25, -0.2) is 4.39 Å². The zero-order valence-electron chi connectivity index (χ0n) is 14.8. The van der Waals surface area contributed by atoms with E-state index in [0.29, 0.717) is 6.61 Å². The van der Waals surface area contributed by atoms with Gasteiger partial charge in [-0.1, -0.05) is 48.0 Å². The maximum absolute atomic E-state index is 12.9. The minimum absolute atomic E-state index is 0. The van der Waals surface area contributed by atoms with Crippen molar-refractivity contribution in [2.45, 2.75) is 19.6 Å². The molecule has 0 unspecified atom stereocenters. The SMILES string of the molecule is Cl.Fc1ccc(CCNCc2ccc(OCc3ccc(Cl)cc3)cc2)cc1. The van der Waals surface area contributed by atoms with Gasteiger partial charge >= 0.3 is 0 Å². The van der Waals surface area contributed by atoms with Gasteiger partial charge in [0.1, 0.15) is 18.2 Å². The summed E-state index contributed by atoms with van der Waals surface area (Å²) in [6.07, 6.45) is 0.878. The minimum Gasteiger partial charge on any atom is -0.489 e. The molecule has 0 amide bonds. The van der Waals surface area contributed by atoms with Crippen LogP contribution in [0.1, 0.15) is 16.7 Å². The lowest BCUT2D eigenvalue weighted by atomic mass is 10.1. The van der Waals surface area contributed by atoms with Crippen molar-refractivity contribution in [1.82, 2.24) is 5.32 Å². The van der Waals surface area contributed by atoms with Crippen LogP contribution in [-0.4, -0.2) is 6.54 Å².